The van der Waals surface area contributed by atoms with Gasteiger partial charge in [0.2, 0.25) is 11.8 Å². The highest BCUT2D eigenvalue weighted by molar-refractivity contribution is 6.24. The number of benzene rings is 3. The summed E-state index contributed by atoms with van der Waals surface area (Å²) in [7, 11) is 1.50. The van der Waals surface area contributed by atoms with Crippen molar-refractivity contribution in [2.24, 2.45) is 11.8 Å². The molecule has 7 rings (SSSR count). The van der Waals surface area contributed by atoms with Gasteiger partial charge in [0.25, 0.3) is 0 Å². The molecule has 2 amide bonds. The first-order valence-electron chi connectivity index (χ1n) is 10.8. The number of amides is 2. The fourth-order valence-electron chi connectivity index (χ4n) is 6.00. The van der Waals surface area contributed by atoms with E-state index in [1.165, 1.54) is 18.9 Å². The third-order valence-corrected chi connectivity index (χ3v) is 7.27. The fourth-order valence-corrected chi connectivity index (χ4v) is 6.00. The van der Waals surface area contributed by atoms with Crippen molar-refractivity contribution in [3.05, 3.63) is 94.5 Å². The Morgan fingerprint density at radius 2 is 1.25 bits per heavy atom. The molecule has 1 fully saturated rings. The zero-order valence-corrected chi connectivity index (χ0v) is 17.7. The van der Waals surface area contributed by atoms with Crippen LogP contribution in [0.4, 0.5) is 5.69 Å². The van der Waals surface area contributed by atoms with E-state index < -0.39 is 11.8 Å². The van der Waals surface area contributed by atoms with Crippen LogP contribution in [0.3, 0.4) is 0 Å². The van der Waals surface area contributed by atoms with Crippen LogP contribution in [0.2, 0.25) is 0 Å². The van der Waals surface area contributed by atoms with E-state index in [0.29, 0.717) is 17.0 Å². The van der Waals surface area contributed by atoms with Crippen LogP contribution in [0.1, 0.15) is 51.4 Å². The van der Waals surface area contributed by atoms with Crippen molar-refractivity contribution in [3.63, 3.8) is 0 Å². The molecule has 3 aromatic carbocycles. The van der Waals surface area contributed by atoms with E-state index in [-0.39, 0.29) is 29.4 Å². The van der Waals surface area contributed by atoms with Gasteiger partial charge in [-0.1, -0.05) is 48.5 Å². The van der Waals surface area contributed by atoms with Crippen LogP contribution in [0.25, 0.3) is 0 Å². The summed E-state index contributed by atoms with van der Waals surface area (Å²) < 4.78 is 5.48. The number of anilines is 1. The predicted octanol–water partition coefficient (Wildman–Crippen LogP) is 4.29. The molecule has 0 N–H and O–H groups in total. The second-order valence-corrected chi connectivity index (χ2v) is 8.72. The minimum absolute atomic E-state index is 0.134. The first-order chi connectivity index (χ1) is 15.5. The van der Waals surface area contributed by atoms with Crippen molar-refractivity contribution >= 4 is 23.3 Å². The zero-order valence-electron chi connectivity index (χ0n) is 17.7. The molecule has 0 spiro atoms. The lowest BCUT2D eigenvalue weighted by Crippen LogP contribution is -2.41. The van der Waals surface area contributed by atoms with Gasteiger partial charge in [0, 0.05) is 17.4 Å². The monoisotopic (exact) mass is 423 g/mol. The molecular weight excluding hydrogens is 402 g/mol. The maximum absolute atomic E-state index is 13.9. The molecule has 32 heavy (non-hydrogen) atoms. The van der Waals surface area contributed by atoms with E-state index in [1.54, 1.807) is 18.2 Å². The number of Topliss-reactive ketones (excluding diaryl/α,β-unsaturated/α-hetero) is 1. The molecule has 0 aromatic heterocycles. The van der Waals surface area contributed by atoms with Crippen molar-refractivity contribution in [2.75, 3.05) is 12.0 Å². The van der Waals surface area contributed by atoms with Gasteiger partial charge in [-0.25, -0.2) is 4.90 Å². The normalized spacial score (nSPS) is 24.8. The molecule has 5 nitrogen and oxygen atoms in total. The number of ketones is 1. The highest BCUT2D eigenvalue weighted by Crippen LogP contribution is 2.61. The second-order valence-electron chi connectivity index (χ2n) is 8.72. The molecule has 1 saturated heterocycles. The minimum Gasteiger partial charge on any atom is -0.495 e. The molecule has 158 valence electrons. The van der Waals surface area contributed by atoms with Crippen molar-refractivity contribution in [1.82, 2.24) is 0 Å². The molecule has 0 radical (unpaired) electrons. The van der Waals surface area contributed by atoms with Crippen molar-refractivity contribution in [1.29, 1.82) is 0 Å². The molecule has 1 heterocycles. The van der Waals surface area contributed by atoms with E-state index in [0.717, 1.165) is 22.3 Å². The lowest BCUT2D eigenvalue weighted by Gasteiger charge is -2.45. The lowest BCUT2D eigenvalue weighted by molar-refractivity contribution is -0.122. The van der Waals surface area contributed by atoms with Crippen LogP contribution >= 0.6 is 0 Å². The third kappa shape index (κ3) is 2.31. The Morgan fingerprint density at radius 1 is 0.781 bits per heavy atom. The number of carbonyl (C=O) groups is 3. The van der Waals surface area contributed by atoms with Crippen molar-refractivity contribution < 1.29 is 19.1 Å². The van der Waals surface area contributed by atoms with Gasteiger partial charge in [-0.3, -0.25) is 14.4 Å². The maximum Gasteiger partial charge on any atom is 0.238 e. The van der Waals surface area contributed by atoms with E-state index >= 15 is 0 Å². The number of carbonyl (C=O) groups excluding carboxylic acids is 3. The Bertz CT molecular complexity index is 1210. The summed E-state index contributed by atoms with van der Waals surface area (Å²) >= 11 is 0. The standard InChI is InChI=1S/C27H21NO4/c1-14(29)15-11-12-21(32-2)20(13-15)28-26(30)24-22-16-7-3-4-8-17(16)23(25(24)27(28)31)19-10-6-5-9-18(19)22/h3-13,22-25H,1-2H3/t22?,23?,24-,25-/m0/s1. The number of nitrogens with zero attached hydrogens (tertiary/aromatic N) is 1. The van der Waals surface area contributed by atoms with Gasteiger partial charge in [-0.05, 0) is 47.4 Å². The number of rotatable bonds is 3. The average molecular weight is 423 g/mol. The topological polar surface area (TPSA) is 63.7 Å². The number of methoxy groups -OCH3 is 1. The largest absolute Gasteiger partial charge is 0.495 e. The molecule has 0 saturated carbocycles. The molecule has 3 aromatic rings. The van der Waals surface area contributed by atoms with Crippen LogP contribution in [0.15, 0.2) is 66.7 Å². The summed E-state index contributed by atoms with van der Waals surface area (Å²) in [5.41, 5.74) is 5.30. The summed E-state index contributed by atoms with van der Waals surface area (Å²) in [5.74, 6) is -1.45. The van der Waals surface area contributed by atoms with Crippen LogP contribution in [-0.2, 0) is 9.59 Å². The lowest BCUT2D eigenvalue weighted by atomic mass is 9.55. The smallest absolute Gasteiger partial charge is 0.238 e. The Hall–Kier alpha value is -3.73. The number of hydrogen-bond acceptors (Lipinski definition) is 4. The van der Waals surface area contributed by atoms with Crippen LogP contribution in [0, 0.1) is 11.8 Å². The van der Waals surface area contributed by atoms with Gasteiger partial charge >= 0.3 is 0 Å². The Kier molecular flexibility index (Phi) is 3.94. The highest BCUT2D eigenvalue weighted by atomic mass is 16.5. The summed E-state index contributed by atoms with van der Waals surface area (Å²) in [6.07, 6.45) is 0. The highest BCUT2D eigenvalue weighted by Gasteiger charge is 2.62. The van der Waals surface area contributed by atoms with Crippen LogP contribution in [0.5, 0.6) is 5.75 Å². The van der Waals surface area contributed by atoms with E-state index in [1.807, 2.05) is 24.3 Å². The summed E-state index contributed by atoms with van der Waals surface area (Å²) in [6.45, 7) is 1.46. The molecule has 3 aliphatic carbocycles. The number of hydrogen-bond donors (Lipinski definition) is 0. The molecule has 2 atom stereocenters. The van der Waals surface area contributed by atoms with E-state index in [9.17, 15) is 14.4 Å². The predicted molar refractivity (Wildman–Crippen MR) is 119 cm³/mol. The van der Waals surface area contributed by atoms with Gasteiger partial charge in [0.05, 0.1) is 24.6 Å². The summed E-state index contributed by atoms with van der Waals surface area (Å²) in [5, 5.41) is 0. The Morgan fingerprint density at radius 3 is 1.66 bits per heavy atom. The van der Waals surface area contributed by atoms with Gasteiger partial charge in [-0.15, -0.1) is 0 Å². The SMILES string of the molecule is COc1ccc(C(C)=O)cc1N1C(=O)[C@H]2C3c4ccccc4C(c4ccccc43)[C@@H]2C1=O. The van der Waals surface area contributed by atoms with Gasteiger partial charge < -0.3 is 4.74 Å². The van der Waals surface area contributed by atoms with E-state index in [2.05, 4.69) is 24.3 Å². The molecular formula is C27H21NO4. The first kappa shape index (κ1) is 19.0. The average Bonchev–Trinajstić information content (AvgIpc) is 3.09. The van der Waals surface area contributed by atoms with Gasteiger partial charge in [0.15, 0.2) is 5.78 Å². The zero-order chi connectivity index (χ0) is 22.1. The fraction of sp³-hybridized carbons (Fsp3) is 0.222. The molecule has 0 unspecified atom stereocenters. The van der Waals surface area contributed by atoms with Crippen LogP contribution < -0.4 is 9.64 Å². The molecule has 5 heteroatoms. The molecule has 1 aliphatic heterocycles. The Balaban J connectivity index is 1.56. The third-order valence-electron chi connectivity index (χ3n) is 7.27. The minimum atomic E-state index is -0.469. The summed E-state index contributed by atoms with van der Waals surface area (Å²) in [4.78, 5) is 41.0. The molecule has 4 aliphatic rings. The number of ether oxygens (including phenoxy) is 1. The van der Waals surface area contributed by atoms with Gasteiger partial charge in [0.1, 0.15) is 5.75 Å². The van der Waals surface area contributed by atoms with Crippen molar-refractivity contribution in [2.45, 2.75) is 18.8 Å². The maximum atomic E-state index is 13.9. The number of imide groups is 1. The summed E-state index contributed by atoms with van der Waals surface area (Å²) in [6, 6.07) is 21.2. The van der Waals surface area contributed by atoms with Crippen LogP contribution in [-0.4, -0.2) is 24.7 Å². The first-order valence-corrected chi connectivity index (χ1v) is 10.8. The quantitative estimate of drug-likeness (QED) is 0.466. The van der Waals surface area contributed by atoms with Gasteiger partial charge in [-0.2, -0.15) is 0 Å². The second kappa shape index (κ2) is 6.63. The van der Waals surface area contributed by atoms with Crippen molar-refractivity contribution in [3.8, 4) is 5.75 Å². The van der Waals surface area contributed by atoms with E-state index in [4.69, 9.17) is 4.74 Å². The molecule has 2 bridgehead atoms. The Labute approximate surface area is 185 Å².